The van der Waals surface area contributed by atoms with Crippen molar-refractivity contribution in [2.75, 3.05) is 12.4 Å². The molecule has 2 aromatic rings. The van der Waals surface area contributed by atoms with E-state index in [1.165, 1.54) is 25.4 Å². The van der Waals surface area contributed by atoms with E-state index < -0.39 is 5.91 Å². The maximum absolute atomic E-state index is 12.0. The number of benzene rings is 1. The number of hydrogen-bond acceptors (Lipinski definition) is 4. The predicted octanol–water partition coefficient (Wildman–Crippen LogP) is 1.44. The number of primary amides is 1. The summed E-state index contributed by atoms with van der Waals surface area (Å²) in [5.74, 6) is -0.491. The van der Waals surface area contributed by atoms with Crippen molar-refractivity contribution in [1.82, 2.24) is 4.98 Å². The summed E-state index contributed by atoms with van der Waals surface area (Å²) in [6.45, 7) is 0. The number of carbonyl (C=O) groups is 2. The second-order valence-electron chi connectivity index (χ2n) is 3.98. The SMILES string of the molecule is COc1ccc(C(N)=O)cc1NC(=O)c1cccnc1. The van der Waals surface area contributed by atoms with Gasteiger partial charge in [0.15, 0.2) is 0 Å². The molecule has 0 aliphatic carbocycles. The topological polar surface area (TPSA) is 94.3 Å². The number of amides is 2. The van der Waals surface area contributed by atoms with Gasteiger partial charge in [0.25, 0.3) is 5.91 Å². The lowest BCUT2D eigenvalue weighted by molar-refractivity contribution is 0.0996. The van der Waals surface area contributed by atoms with Crippen molar-refractivity contribution in [2.24, 2.45) is 5.73 Å². The third-order valence-electron chi connectivity index (χ3n) is 2.66. The Bertz CT molecular complexity index is 641. The van der Waals surface area contributed by atoms with Gasteiger partial charge >= 0.3 is 0 Å². The Morgan fingerprint density at radius 1 is 1.25 bits per heavy atom. The van der Waals surface area contributed by atoms with Crippen LogP contribution in [-0.4, -0.2) is 23.9 Å². The highest BCUT2D eigenvalue weighted by Gasteiger charge is 2.12. The normalized spacial score (nSPS) is 9.85. The number of rotatable bonds is 4. The van der Waals surface area contributed by atoms with Gasteiger partial charge < -0.3 is 15.8 Å². The molecule has 0 spiro atoms. The maximum Gasteiger partial charge on any atom is 0.257 e. The van der Waals surface area contributed by atoms with Gasteiger partial charge in [-0.3, -0.25) is 14.6 Å². The number of ether oxygens (including phenoxy) is 1. The maximum atomic E-state index is 12.0. The van der Waals surface area contributed by atoms with Gasteiger partial charge in [-0.25, -0.2) is 0 Å². The highest BCUT2D eigenvalue weighted by atomic mass is 16.5. The van der Waals surface area contributed by atoms with E-state index in [4.69, 9.17) is 10.5 Å². The van der Waals surface area contributed by atoms with Crippen LogP contribution >= 0.6 is 0 Å². The number of methoxy groups -OCH3 is 1. The van der Waals surface area contributed by atoms with Gasteiger partial charge in [0.05, 0.1) is 18.4 Å². The van der Waals surface area contributed by atoms with Crippen molar-refractivity contribution < 1.29 is 14.3 Å². The number of aromatic nitrogens is 1. The Morgan fingerprint density at radius 2 is 2.05 bits per heavy atom. The van der Waals surface area contributed by atoms with Crippen LogP contribution < -0.4 is 15.8 Å². The monoisotopic (exact) mass is 271 g/mol. The van der Waals surface area contributed by atoms with Crippen LogP contribution in [0.25, 0.3) is 0 Å². The van der Waals surface area contributed by atoms with Crippen LogP contribution in [0.1, 0.15) is 20.7 Å². The molecule has 6 nitrogen and oxygen atoms in total. The van der Waals surface area contributed by atoms with Crippen LogP contribution in [0.5, 0.6) is 5.75 Å². The first-order valence-corrected chi connectivity index (χ1v) is 5.81. The van der Waals surface area contributed by atoms with E-state index in [2.05, 4.69) is 10.3 Å². The molecule has 0 bridgehead atoms. The highest BCUT2D eigenvalue weighted by Crippen LogP contribution is 2.25. The Labute approximate surface area is 115 Å². The lowest BCUT2D eigenvalue weighted by atomic mass is 10.1. The Morgan fingerprint density at radius 3 is 2.65 bits per heavy atom. The fraction of sp³-hybridized carbons (Fsp3) is 0.0714. The van der Waals surface area contributed by atoms with Crippen LogP contribution in [0, 0.1) is 0 Å². The average Bonchev–Trinajstić information content (AvgIpc) is 2.48. The van der Waals surface area contributed by atoms with Gasteiger partial charge in [0.1, 0.15) is 5.75 Å². The molecule has 1 heterocycles. The van der Waals surface area contributed by atoms with Crippen LogP contribution in [0.3, 0.4) is 0 Å². The van der Waals surface area contributed by atoms with E-state index in [0.717, 1.165) is 0 Å². The molecule has 20 heavy (non-hydrogen) atoms. The summed E-state index contributed by atoms with van der Waals surface area (Å²) >= 11 is 0. The zero-order chi connectivity index (χ0) is 14.5. The third-order valence-corrected chi connectivity index (χ3v) is 2.66. The highest BCUT2D eigenvalue weighted by molar-refractivity contribution is 6.05. The zero-order valence-electron chi connectivity index (χ0n) is 10.8. The van der Waals surface area contributed by atoms with Crippen LogP contribution in [0.4, 0.5) is 5.69 Å². The fourth-order valence-corrected chi connectivity index (χ4v) is 1.65. The molecule has 102 valence electrons. The van der Waals surface area contributed by atoms with E-state index in [1.54, 1.807) is 24.4 Å². The first kappa shape index (κ1) is 13.5. The largest absolute Gasteiger partial charge is 0.495 e. The smallest absolute Gasteiger partial charge is 0.257 e. The molecule has 0 radical (unpaired) electrons. The van der Waals surface area contributed by atoms with Crippen molar-refractivity contribution in [3.63, 3.8) is 0 Å². The minimum atomic E-state index is -0.579. The zero-order valence-corrected chi connectivity index (χ0v) is 10.8. The van der Waals surface area contributed by atoms with Crippen LogP contribution in [0.2, 0.25) is 0 Å². The molecular weight excluding hydrogens is 258 g/mol. The van der Waals surface area contributed by atoms with Gasteiger partial charge in [-0.15, -0.1) is 0 Å². The quantitative estimate of drug-likeness (QED) is 0.879. The Kier molecular flexibility index (Phi) is 3.95. The van der Waals surface area contributed by atoms with Gasteiger partial charge in [-0.05, 0) is 30.3 Å². The minimum absolute atomic E-state index is 0.285. The van der Waals surface area contributed by atoms with E-state index in [9.17, 15) is 9.59 Å². The van der Waals surface area contributed by atoms with Gasteiger partial charge in [-0.2, -0.15) is 0 Å². The molecule has 0 saturated carbocycles. The minimum Gasteiger partial charge on any atom is -0.495 e. The molecule has 0 fully saturated rings. The van der Waals surface area contributed by atoms with Gasteiger partial charge in [0.2, 0.25) is 5.91 Å². The van der Waals surface area contributed by atoms with Crippen molar-refractivity contribution in [2.45, 2.75) is 0 Å². The van der Waals surface area contributed by atoms with Gasteiger partial charge in [0, 0.05) is 18.0 Å². The summed E-state index contributed by atoms with van der Waals surface area (Å²) in [5, 5.41) is 2.66. The number of nitrogens with one attached hydrogen (secondary N) is 1. The second-order valence-corrected chi connectivity index (χ2v) is 3.98. The van der Waals surface area contributed by atoms with Crippen molar-refractivity contribution in [3.05, 3.63) is 53.9 Å². The van der Waals surface area contributed by atoms with Crippen molar-refractivity contribution in [3.8, 4) is 5.75 Å². The van der Waals surface area contributed by atoms with Crippen molar-refractivity contribution in [1.29, 1.82) is 0 Å². The summed E-state index contributed by atoms with van der Waals surface area (Å²) in [6, 6.07) is 7.86. The molecule has 0 aliphatic rings. The summed E-state index contributed by atoms with van der Waals surface area (Å²) in [4.78, 5) is 27.1. The average molecular weight is 271 g/mol. The molecule has 0 aliphatic heterocycles. The lowest BCUT2D eigenvalue weighted by Crippen LogP contribution is -2.15. The van der Waals surface area contributed by atoms with Crippen LogP contribution in [-0.2, 0) is 0 Å². The first-order chi connectivity index (χ1) is 9.61. The number of pyridine rings is 1. The number of nitrogens with two attached hydrogens (primary N) is 1. The number of hydrogen-bond donors (Lipinski definition) is 2. The summed E-state index contributed by atoms with van der Waals surface area (Å²) in [5.41, 5.74) is 6.27. The number of nitrogens with zero attached hydrogens (tertiary/aromatic N) is 1. The molecule has 0 atom stereocenters. The molecule has 2 amide bonds. The first-order valence-electron chi connectivity index (χ1n) is 5.81. The van der Waals surface area contributed by atoms with Crippen LogP contribution in [0.15, 0.2) is 42.7 Å². The predicted molar refractivity (Wildman–Crippen MR) is 73.7 cm³/mol. The van der Waals surface area contributed by atoms with E-state index in [0.29, 0.717) is 17.0 Å². The molecule has 0 saturated heterocycles. The summed E-state index contributed by atoms with van der Waals surface area (Å²) < 4.78 is 5.13. The molecule has 1 aromatic carbocycles. The van der Waals surface area contributed by atoms with E-state index >= 15 is 0 Å². The van der Waals surface area contributed by atoms with Crippen molar-refractivity contribution >= 4 is 17.5 Å². The molecule has 0 unspecified atom stereocenters. The van der Waals surface area contributed by atoms with E-state index in [1.807, 2.05) is 0 Å². The second kappa shape index (κ2) is 5.83. The lowest BCUT2D eigenvalue weighted by Gasteiger charge is -2.11. The fourth-order valence-electron chi connectivity index (χ4n) is 1.65. The Balaban J connectivity index is 2.30. The summed E-state index contributed by atoms with van der Waals surface area (Å²) in [7, 11) is 1.47. The number of anilines is 1. The van der Waals surface area contributed by atoms with E-state index in [-0.39, 0.29) is 11.5 Å². The molecular formula is C14H13N3O3. The summed E-state index contributed by atoms with van der Waals surface area (Å²) in [6.07, 6.45) is 3.02. The standard InChI is InChI=1S/C14H13N3O3/c1-20-12-5-4-9(13(15)18)7-11(12)17-14(19)10-3-2-6-16-8-10/h2-8H,1H3,(H2,15,18)(H,17,19). The molecule has 2 rings (SSSR count). The number of carbonyl (C=O) groups excluding carboxylic acids is 2. The molecule has 3 N–H and O–H groups in total. The molecule has 6 heteroatoms. The molecule has 1 aromatic heterocycles. The Hall–Kier alpha value is -2.89. The third kappa shape index (κ3) is 2.92. The van der Waals surface area contributed by atoms with Gasteiger partial charge in [-0.1, -0.05) is 0 Å².